The fourth-order valence-corrected chi connectivity index (χ4v) is 4.05. The molecule has 1 aromatic rings. The Labute approximate surface area is 114 Å². The lowest BCUT2D eigenvalue weighted by Gasteiger charge is -2.31. The highest BCUT2D eigenvalue weighted by Gasteiger charge is 2.29. The van der Waals surface area contributed by atoms with Gasteiger partial charge in [-0.05, 0) is 37.0 Å². The molecule has 0 radical (unpaired) electrons. The summed E-state index contributed by atoms with van der Waals surface area (Å²) in [5, 5.41) is 8.86. The molecule has 102 valence electrons. The molecular weight excluding hydrogens is 260 g/mol. The molecule has 1 unspecified atom stereocenters. The van der Waals surface area contributed by atoms with Crippen molar-refractivity contribution in [3.8, 4) is 6.07 Å². The van der Waals surface area contributed by atoms with Gasteiger partial charge in [-0.2, -0.15) is 9.57 Å². The molecule has 1 saturated heterocycles. The van der Waals surface area contributed by atoms with Gasteiger partial charge in [0.1, 0.15) is 0 Å². The summed E-state index contributed by atoms with van der Waals surface area (Å²) in [6.45, 7) is 3.27. The van der Waals surface area contributed by atoms with E-state index in [0.717, 1.165) is 19.3 Å². The van der Waals surface area contributed by atoms with Crippen LogP contribution in [-0.2, 0) is 10.0 Å². The molecule has 0 aromatic heterocycles. The maximum atomic E-state index is 12.5. The van der Waals surface area contributed by atoms with Crippen LogP contribution in [0.25, 0.3) is 0 Å². The summed E-state index contributed by atoms with van der Waals surface area (Å²) in [5.74, 6) is 0.447. The van der Waals surface area contributed by atoms with E-state index in [9.17, 15) is 8.42 Å². The van der Waals surface area contributed by atoms with Crippen molar-refractivity contribution >= 4 is 10.0 Å². The molecule has 0 aliphatic carbocycles. The van der Waals surface area contributed by atoms with Gasteiger partial charge in [-0.15, -0.1) is 0 Å². The third kappa shape index (κ3) is 2.96. The van der Waals surface area contributed by atoms with E-state index in [-0.39, 0.29) is 4.90 Å². The Morgan fingerprint density at radius 1 is 1.47 bits per heavy atom. The molecule has 1 atom stereocenters. The number of benzene rings is 1. The maximum absolute atomic E-state index is 12.5. The van der Waals surface area contributed by atoms with Crippen LogP contribution in [0, 0.1) is 17.2 Å². The molecule has 1 fully saturated rings. The van der Waals surface area contributed by atoms with Crippen molar-refractivity contribution in [2.75, 3.05) is 13.1 Å². The molecule has 0 saturated carbocycles. The molecule has 0 spiro atoms. The number of piperidine rings is 1. The largest absolute Gasteiger partial charge is 0.243 e. The Balaban J connectivity index is 2.29. The molecule has 0 bridgehead atoms. The van der Waals surface area contributed by atoms with Crippen LogP contribution in [0.5, 0.6) is 0 Å². The van der Waals surface area contributed by atoms with Gasteiger partial charge in [0.15, 0.2) is 0 Å². The van der Waals surface area contributed by atoms with E-state index in [1.165, 1.54) is 6.07 Å². The molecule has 1 aromatic carbocycles. The van der Waals surface area contributed by atoms with E-state index in [1.807, 2.05) is 6.07 Å². The third-order valence-corrected chi connectivity index (χ3v) is 5.52. The highest BCUT2D eigenvalue weighted by atomic mass is 32.2. The third-order valence-electron chi connectivity index (χ3n) is 3.66. The molecule has 19 heavy (non-hydrogen) atoms. The summed E-state index contributed by atoms with van der Waals surface area (Å²) in [6.07, 6.45) is 3.01. The van der Waals surface area contributed by atoms with Crippen molar-refractivity contribution in [1.29, 1.82) is 5.26 Å². The first kappa shape index (κ1) is 14.0. The van der Waals surface area contributed by atoms with Crippen molar-refractivity contribution in [3.05, 3.63) is 29.8 Å². The van der Waals surface area contributed by atoms with E-state index in [4.69, 9.17) is 5.26 Å². The van der Waals surface area contributed by atoms with Gasteiger partial charge >= 0.3 is 0 Å². The van der Waals surface area contributed by atoms with Crippen LogP contribution < -0.4 is 0 Å². The molecule has 5 heteroatoms. The minimum atomic E-state index is -3.46. The molecule has 1 aliphatic heterocycles. The van der Waals surface area contributed by atoms with Gasteiger partial charge in [-0.3, -0.25) is 0 Å². The molecule has 1 heterocycles. The second kappa shape index (κ2) is 5.72. The Bertz CT molecular complexity index is 590. The Hall–Kier alpha value is -1.38. The van der Waals surface area contributed by atoms with E-state index in [0.29, 0.717) is 24.6 Å². The van der Waals surface area contributed by atoms with Crippen LogP contribution in [0.3, 0.4) is 0 Å². The minimum absolute atomic E-state index is 0.225. The van der Waals surface area contributed by atoms with Crippen LogP contribution in [0.1, 0.15) is 31.7 Å². The Morgan fingerprint density at radius 3 is 2.95 bits per heavy atom. The topological polar surface area (TPSA) is 61.2 Å². The van der Waals surface area contributed by atoms with Crippen molar-refractivity contribution in [2.45, 2.75) is 31.1 Å². The molecule has 0 amide bonds. The summed E-state index contributed by atoms with van der Waals surface area (Å²) in [4.78, 5) is 0.225. The van der Waals surface area contributed by atoms with Gasteiger partial charge in [0.25, 0.3) is 0 Å². The predicted octanol–water partition coefficient (Wildman–Crippen LogP) is 2.37. The lowest BCUT2D eigenvalue weighted by atomic mass is 9.97. The SMILES string of the molecule is CCC1CCCN(S(=O)(=O)c2cccc(C#N)c2)C1. The van der Waals surface area contributed by atoms with E-state index in [1.54, 1.807) is 22.5 Å². The van der Waals surface area contributed by atoms with Crippen LogP contribution in [0.2, 0.25) is 0 Å². The first-order valence-electron chi connectivity index (χ1n) is 6.58. The fourth-order valence-electron chi connectivity index (χ4n) is 2.45. The van der Waals surface area contributed by atoms with Crippen molar-refractivity contribution in [1.82, 2.24) is 4.31 Å². The lowest BCUT2D eigenvalue weighted by Crippen LogP contribution is -2.39. The summed E-state index contributed by atoms with van der Waals surface area (Å²) >= 11 is 0. The molecule has 2 rings (SSSR count). The zero-order valence-corrected chi connectivity index (χ0v) is 11.9. The quantitative estimate of drug-likeness (QED) is 0.852. The first-order valence-corrected chi connectivity index (χ1v) is 8.02. The van der Waals surface area contributed by atoms with Crippen molar-refractivity contribution < 1.29 is 8.42 Å². The average molecular weight is 278 g/mol. The Morgan fingerprint density at radius 2 is 2.26 bits per heavy atom. The maximum Gasteiger partial charge on any atom is 0.243 e. The van der Waals surface area contributed by atoms with E-state index in [2.05, 4.69) is 6.92 Å². The standard InChI is InChI=1S/C14H18N2O2S/c1-2-12-6-4-8-16(11-12)19(17,18)14-7-3-5-13(9-14)10-15/h3,5,7,9,12H,2,4,6,8,11H2,1H3. The number of hydrogen-bond donors (Lipinski definition) is 0. The second-order valence-corrected chi connectivity index (χ2v) is 6.86. The van der Waals surface area contributed by atoms with Crippen molar-refractivity contribution in [2.24, 2.45) is 5.92 Å². The zero-order valence-electron chi connectivity index (χ0n) is 11.0. The molecular formula is C14H18N2O2S. The number of sulfonamides is 1. The Kier molecular flexibility index (Phi) is 4.23. The number of nitriles is 1. The molecule has 0 N–H and O–H groups in total. The van der Waals surface area contributed by atoms with Gasteiger partial charge in [-0.25, -0.2) is 8.42 Å². The van der Waals surface area contributed by atoms with Gasteiger partial charge in [0.05, 0.1) is 16.5 Å². The minimum Gasteiger partial charge on any atom is -0.207 e. The highest BCUT2D eigenvalue weighted by Crippen LogP contribution is 2.25. The van der Waals surface area contributed by atoms with Crippen LogP contribution in [-0.4, -0.2) is 25.8 Å². The van der Waals surface area contributed by atoms with Gasteiger partial charge in [-0.1, -0.05) is 19.4 Å². The van der Waals surface area contributed by atoms with Crippen molar-refractivity contribution in [3.63, 3.8) is 0 Å². The second-order valence-electron chi connectivity index (χ2n) is 4.92. The highest BCUT2D eigenvalue weighted by molar-refractivity contribution is 7.89. The smallest absolute Gasteiger partial charge is 0.207 e. The average Bonchev–Trinajstić information content (AvgIpc) is 2.47. The van der Waals surface area contributed by atoms with Crippen LogP contribution in [0.4, 0.5) is 0 Å². The number of nitrogens with zero attached hydrogens (tertiary/aromatic N) is 2. The first-order chi connectivity index (χ1) is 9.07. The van der Waals surface area contributed by atoms with Gasteiger partial charge in [0.2, 0.25) is 10.0 Å². The molecule has 1 aliphatic rings. The number of rotatable bonds is 3. The van der Waals surface area contributed by atoms with E-state index < -0.39 is 10.0 Å². The fraction of sp³-hybridized carbons (Fsp3) is 0.500. The monoisotopic (exact) mass is 278 g/mol. The number of hydrogen-bond acceptors (Lipinski definition) is 3. The zero-order chi connectivity index (χ0) is 13.9. The summed E-state index contributed by atoms with van der Waals surface area (Å²) in [7, 11) is -3.46. The molecule has 4 nitrogen and oxygen atoms in total. The van der Waals surface area contributed by atoms with Crippen LogP contribution >= 0.6 is 0 Å². The summed E-state index contributed by atoms with van der Waals surface area (Å²) < 4.78 is 26.6. The summed E-state index contributed by atoms with van der Waals surface area (Å²) in [5.41, 5.74) is 0.380. The van der Waals surface area contributed by atoms with Gasteiger partial charge < -0.3 is 0 Å². The van der Waals surface area contributed by atoms with Gasteiger partial charge in [0, 0.05) is 13.1 Å². The lowest BCUT2D eigenvalue weighted by molar-refractivity contribution is 0.261. The van der Waals surface area contributed by atoms with Crippen LogP contribution in [0.15, 0.2) is 29.2 Å². The van der Waals surface area contributed by atoms with E-state index >= 15 is 0 Å². The summed E-state index contributed by atoms with van der Waals surface area (Å²) in [6, 6.07) is 8.22. The predicted molar refractivity (Wildman–Crippen MR) is 72.9 cm³/mol. The normalized spacial score (nSPS) is 20.9.